The van der Waals surface area contributed by atoms with Crippen molar-refractivity contribution in [1.29, 1.82) is 5.26 Å². The molecule has 0 saturated heterocycles. The highest BCUT2D eigenvalue weighted by molar-refractivity contribution is 5.40. The van der Waals surface area contributed by atoms with Crippen molar-refractivity contribution >= 4 is 0 Å². The van der Waals surface area contributed by atoms with E-state index in [-0.39, 0.29) is 5.76 Å². The molecule has 0 bridgehead atoms. The molecule has 0 atom stereocenters. The molecule has 0 aromatic rings. The first kappa shape index (κ1) is 14.0. The second-order valence-electron chi connectivity index (χ2n) is 3.36. The van der Waals surface area contributed by atoms with E-state index < -0.39 is 0 Å². The number of allylic oxidation sites excluding steroid dienone is 7. The van der Waals surface area contributed by atoms with Crippen LogP contribution in [-0.2, 0) is 0 Å². The van der Waals surface area contributed by atoms with Crippen molar-refractivity contribution in [1.82, 2.24) is 0 Å². The predicted molar refractivity (Wildman–Crippen MR) is 67.8 cm³/mol. The van der Waals surface area contributed by atoms with Crippen LogP contribution in [0.15, 0.2) is 59.9 Å². The van der Waals surface area contributed by atoms with Gasteiger partial charge in [0.25, 0.3) is 0 Å². The van der Waals surface area contributed by atoms with Crippen molar-refractivity contribution in [2.75, 3.05) is 0 Å². The summed E-state index contributed by atoms with van der Waals surface area (Å²) in [6.45, 7) is 11.0. The molecule has 0 aliphatic carbocycles. The molecule has 2 nitrogen and oxygen atoms in total. The monoisotopic (exact) mass is 215 g/mol. The zero-order valence-corrected chi connectivity index (χ0v) is 9.83. The summed E-state index contributed by atoms with van der Waals surface area (Å²) in [4.78, 5) is 0. The molecular formula is C14H17NO. The molecule has 0 aliphatic rings. The van der Waals surface area contributed by atoms with Crippen LogP contribution in [0, 0.1) is 11.3 Å². The van der Waals surface area contributed by atoms with Crippen LogP contribution in [0.3, 0.4) is 0 Å². The van der Waals surface area contributed by atoms with Crippen LogP contribution in [0.5, 0.6) is 0 Å². The van der Waals surface area contributed by atoms with Crippen LogP contribution < -0.4 is 0 Å². The summed E-state index contributed by atoms with van der Waals surface area (Å²) in [5, 5.41) is 17.6. The maximum absolute atomic E-state index is 8.88. The van der Waals surface area contributed by atoms with Crippen molar-refractivity contribution in [2.45, 2.75) is 20.3 Å². The standard InChI is InChI=1S/C14H17NO/c1-5-14(10-15)9-7-12(3)11(2)6-8-13(4)16/h6-9,16H,2,4-5H2,1,3H3/b8-6-,12-7+,14-9+. The van der Waals surface area contributed by atoms with E-state index in [0.29, 0.717) is 0 Å². The molecule has 0 saturated carbocycles. The summed E-state index contributed by atoms with van der Waals surface area (Å²) in [7, 11) is 0. The summed E-state index contributed by atoms with van der Waals surface area (Å²) >= 11 is 0. The number of nitrogens with zero attached hydrogens (tertiary/aromatic N) is 1. The molecule has 0 rings (SSSR count). The third kappa shape index (κ3) is 5.66. The molecule has 0 spiro atoms. The molecule has 16 heavy (non-hydrogen) atoms. The normalized spacial score (nSPS) is 12.6. The van der Waals surface area contributed by atoms with Gasteiger partial charge in [0.15, 0.2) is 0 Å². The fourth-order valence-corrected chi connectivity index (χ4v) is 0.895. The van der Waals surface area contributed by atoms with Crippen LogP contribution >= 0.6 is 0 Å². The van der Waals surface area contributed by atoms with Gasteiger partial charge in [0.05, 0.1) is 6.07 Å². The van der Waals surface area contributed by atoms with Crippen LogP contribution in [0.4, 0.5) is 0 Å². The maximum atomic E-state index is 8.88. The van der Waals surface area contributed by atoms with Gasteiger partial charge in [0.2, 0.25) is 0 Å². The zero-order valence-electron chi connectivity index (χ0n) is 9.83. The number of aliphatic hydroxyl groups excluding tert-OH is 1. The highest BCUT2D eigenvalue weighted by Crippen LogP contribution is 2.10. The lowest BCUT2D eigenvalue weighted by molar-refractivity contribution is 0.435. The number of aliphatic hydroxyl groups is 1. The summed E-state index contributed by atoms with van der Waals surface area (Å²) < 4.78 is 0. The Kier molecular flexibility index (Phi) is 6.39. The lowest BCUT2D eigenvalue weighted by Gasteiger charge is -1.98. The zero-order chi connectivity index (χ0) is 12.6. The van der Waals surface area contributed by atoms with E-state index in [2.05, 4.69) is 19.2 Å². The Morgan fingerprint density at radius 3 is 2.38 bits per heavy atom. The van der Waals surface area contributed by atoms with Crippen LogP contribution in [0.25, 0.3) is 0 Å². The Bertz CT molecular complexity index is 403. The smallest absolute Gasteiger partial charge is 0.108 e. The summed E-state index contributed by atoms with van der Waals surface area (Å²) in [5.74, 6) is -0.00392. The minimum absolute atomic E-state index is 0.00392. The Morgan fingerprint density at radius 2 is 1.94 bits per heavy atom. The average Bonchev–Trinajstić information content (AvgIpc) is 2.26. The van der Waals surface area contributed by atoms with Gasteiger partial charge in [0, 0.05) is 5.57 Å². The van der Waals surface area contributed by atoms with E-state index in [1.54, 1.807) is 12.2 Å². The van der Waals surface area contributed by atoms with Gasteiger partial charge in [0.1, 0.15) is 5.76 Å². The van der Waals surface area contributed by atoms with E-state index in [1.165, 1.54) is 6.08 Å². The van der Waals surface area contributed by atoms with Gasteiger partial charge in [-0.2, -0.15) is 5.26 Å². The SMILES string of the molecule is C=C(O)/C=C\C(=C)/C(C)=C/C=C(/C#N)CC. The van der Waals surface area contributed by atoms with Gasteiger partial charge >= 0.3 is 0 Å². The Hall–Kier alpha value is -2.01. The minimum atomic E-state index is -0.00392. The van der Waals surface area contributed by atoms with Crippen molar-refractivity contribution < 1.29 is 5.11 Å². The van der Waals surface area contributed by atoms with Crippen molar-refractivity contribution in [3.63, 3.8) is 0 Å². The number of hydrogen-bond donors (Lipinski definition) is 1. The van der Waals surface area contributed by atoms with Crippen molar-refractivity contribution in [3.8, 4) is 6.07 Å². The second-order valence-corrected chi connectivity index (χ2v) is 3.36. The molecule has 0 aromatic heterocycles. The summed E-state index contributed by atoms with van der Waals surface area (Å²) in [5.41, 5.74) is 2.45. The Morgan fingerprint density at radius 1 is 1.31 bits per heavy atom. The second kappa shape index (κ2) is 7.30. The van der Waals surface area contributed by atoms with Crippen molar-refractivity contribution in [3.05, 3.63) is 59.9 Å². The quantitative estimate of drug-likeness (QED) is 0.428. The highest BCUT2D eigenvalue weighted by atomic mass is 16.3. The number of rotatable bonds is 5. The minimum Gasteiger partial charge on any atom is -0.509 e. The molecule has 0 aromatic carbocycles. The molecule has 0 unspecified atom stereocenters. The van der Waals surface area contributed by atoms with E-state index in [0.717, 1.165) is 23.1 Å². The highest BCUT2D eigenvalue weighted by Gasteiger charge is 1.92. The molecule has 84 valence electrons. The summed E-state index contributed by atoms with van der Waals surface area (Å²) in [6, 6.07) is 2.11. The molecule has 0 heterocycles. The molecule has 0 aliphatic heterocycles. The van der Waals surface area contributed by atoms with Gasteiger partial charge in [-0.1, -0.05) is 32.2 Å². The molecule has 1 N–H and O–H groups in total. The van der Waals surface area contributed by atoms with E-state index in [4.69, 9.17) is 10.4 Å². The van der Waals surface area contributed by atoms with Gasteiger partial charge < -0.3 is 5.11 Å². The Labute approximate surface area is 97.2 Å². The van der Waals surface area contributed by atoms with E-state index >= 15 is 0 Å². The molecule has 0 amide bonds. The predicted octanol–water partition coefficient (Wildman–Crippen LogP) is 3.98. The summed E-state index contributed by atoms with van der Waals surface area (Å²) in [6.07, 6.45) is 7.50. The molecule has 0 fully saturated rings. The molecule has 2 heteroatoms. The first-order valence-corrected chi connectivity index (χ1v) is 5.04. The first-order chi connectivity index (χ1) is 7.51. The van der Waals surface area contributed by atoms with Crippen LogP contribution in [0.1, 0.15) is 20.3 Å². The maximum Gasteiger partial charge on any atom is 0.108 e. The first-order valence-electron chi connectivity index (χ1n) is 5.04. The van der Waals surface area contributed by atoms with Crippen LogP contribution in [0.2, 0.25) is 0 Å². The largest absolute Gasteiger partial charge is 0.509 e. The van der Waals surface area contributed by atoms with E-state index in [9.17, 15) is 0 Å². The molecular weight excluding hydrogens is 198 g/mol. The van der Waals surface area contributed by atoms with Crippen molar-refractivity contribution in [2.24, 2.45) is 0 Å². The average molecular weight is 215 g/mol. The Balaban J connectivity index is 4.69. The number of nitriles is 1. The van der Waals surface area contributed by atoms with Gasteiger partial charge in [-0.3, -0.25) is 0 Å². The van der Waals surface area contributed by atoms with Crippen LogP contribution in [-0.4, -0.2) is 5.11 Å². The lowest BCUT2D eigenvalue weighted by atomic mass is 10.1. The fourth-order valence-electron chi connectivity index (χ4n) is 0.895. The lowest BCUT2D eigenvalue weighted by Crippen LogP contribution is -1.80. The number of hydrogen-bond acceptors (Lipinski definition) is 2. The fraction of sp³-hybridized carbons (Fsp3) is 0.214. The third-order valence-corrected chi connectivity index (χ3v) is 2.04. The third-order valence-electron chi connectivity index (χ3n) is 2.04. The molecule has 0 radical (unpaired) electrons. The van der Waals surface area contributed by atoms with E-state index in [1.807, 2.05) is 19.9 Å². The van der Waals surface area contributed by atoms with Gasteiger partial charge in [-0.25, -0.2) is 0 Å². The topological polar surface area (TPSA) is 44.0 Å². The van der Waals surface area contributed by atoms with Gasteiger partial charge in [-0.05, 0) is 36.6 Å². The van der Waals surface area contributed by atoms with Gasteiger partial charge in [-0.15, -0.1) is 0 Å².